The van der Waals surface area contributed by atoms with E-state index < -0.39 is 10.0 Å². The minimum Gasteiger partial charge on any atom is -0.493 e. The van der Waals surface area contributed by atoms with Gasteiger partial charge in [0.1, 0.15) is 0 Å². The number of rotatable bonds is 5. The molecule has 6 nitrogen and oxygen atoms in total. The molecule has 0 aromatic heterocycles. The molecule has 0 spiro atoms. The van der Waals surface area contributed by atoms with Gasteiger partial charge >= 0.3 is 0 Å². The molecule has 2 aromatic rings. The molecule has 0 N–H and O–H groups in total. The van der Waals surface area contributed by atoms with Gasteiger partial charge in [0.25, 0.3) is 0 Å². The van der Waals surface area contributed by atoms with Gasteiger partial charge in [0.2, 0.25) is 10.0 Å². The maximum Gasteiger partial charge on any atom is 0.243 e. The van der Waals surface area contributed by atoms with E-state index in [9.17, 15) is 8.42 Å². The predicted octanol–water partition coefficient (Wildman–Crippen LogP) is 2.91. The van der Waals surface area contributed by atoms with Gasteiger partial charge in [0, 0.05) is 37.4 Å². The fourth-order valence-electron chi connectivity index (χ4n) is 3.39. The maximum atomic E-state index is 13.1. The van der Waals surface area contributed by atoms with E-state index >= 15 is 0 Å². The van der Waals surface area contributed by atoms with Gasteiger partial charge in [-0.2, -0.15) is 4.31 Å². The summed E-state index contributed by atoms with van der Waals surface area (Å²) in [5, 5.41) is 0. The molecular formula is C20H26N2O4S. The topological polar surface area (TPSA) is 59.1 Å². The first-order valence-electron chi connectivity index (χ1n) is 8.92. The Bertz CT molecular complexity index is 897. The minimum absolute atomic E-state index is 0.0800. The van der Waals surface area contributed by atoms with Crippen molar-refractivity contribution in [1.82, 2.24) is 4.31 Å². The van der Waals surface area contributed by atoms with E-state index in [1.807, 2.05) is 0 Å². The van der Waals surface area contributed by atoms with E-state index in [0.717, 1.165) is 5.69 Å². The molecule has 0 amide bonds. The normalized spacial score (nSPS) is 18.4. The molecule has 1 aliphatic rings. The van der Waals surface area contributed by atoms with Crippen LogP contribution in [0.4, 0.5) is 5.69 Å². The zero-order chi connectivity index (χ0) is 19.6. The molecule has 0 unspecified atom stereocenters. The highest BCUT2D eigenvalue weighted by atomic mass is 32.2. The monoisotopic (exact) mass is 390 g/mol. The summed E-state index contributed by atoms with van der Waals surface area (Å²) in [6.45, 7) is 5.63. The highest BCUT2D eigenvalue weighted by Gasteiger charge is 2.32. The summed E-state index contributed by atoms with van der Waals surface area (Å²) in [5.74, 6) is 0.916. The molecular weight excluding hydrogens is 364 g/mol. The van der Waals surface area contributed by atoms with E-state index in [2.05, 4.69) is 43.0 Å². The average Bonchev–Trinajstić information content (AvgIpc) is 2.68. The summed E-state index contributed by atoms with van der Waals surface area (Å²) in [6, 6.07) is 13.1. The molecule has 2 aromatic carbocycles. The van der Waals surface area contributed by atoms with Crippen molar-refractivity contribution in [1.29, 1.82) is 0 Å². The second kappa shape index (κ2) is 7.78. The number of benzene rings is 2. The van der Waals surface area contributed by atoms with Gasteiger partial charge in [-0.05, 0) is 38.1 Å². The number of anilines is 1. The number of aryl methyl sites for hydroxylation is 1. The third-order valence-electron chi connectivity index (χ3n) is 4.95. The Balaban J connectivity index is 1.80. The summed E-state index contributed by atoms with van der Waals surface area (Å²) in [6.07, 6.45) is 0. The largest absolute Gasteiger partial charge is 0.493 e. The van der Waals surface area contributed by atoms with E-state index in [1.165, 1.54) is 25.8 Å². The van der Waals surface area contributed by atoms with E-state index in [-0.39, 0.29) is 10.9 Å². The molecule has 1 fully saturated rings. The Morgan fingerprint density at radius 3 is 2.22 bits per heavy atom. The highest BCUT2D eigenvalue weighted by molar-refractivity contribution is 7.89. The molecule has 146 valence electrons. The first kappa shape index (κ1) is 19.5. The van der Waals surface area contributed by atoms with Crippen LogP contribution in [0.15, 0.2) is 47.4 Å². The van der Waals surface area contributed by atoms with Crippen molar-refractivity contribution in [3.63, 3.8) is 0 Å². The summed E-state index contributed by atoms with van der Waals surface area (Å²) in [4.78, 5) is 2.47. The number of methoxy groups -OCH3 is 2. The quantitative estimate of drug-likeness (QED) is 0.786. The smallest absolute Gasteiger partial charge is 0.243 e. The highest BCUT2D eigenvalue weighted by Crippen LogP contribution is 2.31. The van der Waals surface area contributed by atoms with Crippen LogP contribution in [0.5, 0.6) is 11.5 Å². The van der Waals surface area contributed by atoms with E-state index in [0.29, 0.717) is 31.1 Å². The van der Waals surface area contributed by atoms with Crippen LogP contribution in [0.1, 0.15) is 12.5 Å². The zero-order valence-corrected chi connectivity index (χ0v) is 17.0. The van der Waals surface area contributed by atoms with Crippen LogP contribution in [-0.2, 0) is 10.0 Å². The molecule has 3 rings (SSSR count). The molecule has 27 heavy (non-hydrogen) atoms. The molecule has 7 heteroatoms. The van der Waals surface area contributed by atoms with Crippen LogP contribution < -0.4 is 14.4 Å². The first-order chi connectivity index (χ1) is 12.9. The van der Waals surface area contributed by atoms with Crippen LogP contribution >= 0.6 is 0 Å². The second-order valence-electron chi connectivity index (χ2n) is 6.76. The summed E-state index contributed by atoms with van der Waals surface area (Å²) >= 11 is 0. The van der Waals surface area contributed by atoms with Crippen LogP contribution in [-0.4, -0.2) is 52.6 Å². The number of sulfonamides is 1. The van der Waals surface area contributed by atoms with Crippen LogP contribution in [0.25, 0.3) is 0 Å². The van der Waals surface area contributed by atoms with Gasteiger partial charge in [-0.25, -0.2) is 8.42 Å². The lowest BCUT2D eigenvalue weighted by Gasteiger charge is -2.40. The Labute approximate surface area is 161 Å². The van der Waals surface area contributed by atoms with Crippen LogP contribution in [0.2, 0.25) is 0 Å². The summed E-state index contributed by atoms with van der Waals surface area (Å²) in [5.41, 5.74) is 2.33. The number of hydrogen-bond donors (Lipinski definition) is 0. The molecule has 1 saturated heterocycles. The molecule has 0 aliphatic carbocycles. The standard InChI is InChI=1S/C20H26N2O4S/c1-15-5-7-17(8-6-15)22-12-11-21(14-16(22)2)27(23,24)18-9-10-19(25-3)20(13-18)26-4/h5-10,13,16H,11-12,14H2,1-4H3/t16-/m0/s1. The lowest BCUT2D eigenvalue weighted by molar-refractivity contribution is 0.340. The average molecular weight is 391 g/mol. The third-order valence-corrected chi connectivity index (χ3v) is 6.81. The SMILES string of the molecule is COc1ccc(S(=O)(=O)N2CCN(c3ccc(C)cc3)[C@@H](C)C2)cc1OC. The fourth-order valence-corrected chi connectivity index (χ4v) is 4.92. The van der Waals surface area contributed by atoms with Crippen LogP contribution in [0.3, 0.4) is 0 Å². The molecule has 1 heterocycles. The minimum atomic E-state index is -3.59. The van der Waals surface area contributed by atoms with Gasteiger partial charge in [0.05, 0.1) is 19.1 Å². The van der Waals surface area contributed by atoms with Gasteiger partial charge < -0.3 is 14.4 Å². The Morgan fingerprint density at radius 2 is 1.63 bits per heavy atom. The Hall–Kier alpha value is -2.25. The number of piperazine rings is 1. The molecule has 1 atom stereocenters. The Morgan fingerprint density at radius 1 is 0.963 bits per heavy atom. The van der Waals surface area contributed by atoms with Gasteiger partial charge in [-0.15, -0.1) is 0 Å². The third kappa shape index (κ3) is 3.89. The summed E-state index contributed by atoms with van der Waals surface area (Å²) in [7, 11) is -0.571. The molecule has 0 bridgehead atoms. The van der Waals surface area contributed by atoms with Crippen molar-refractivity contribution < 1.29 is 17.9 Å². The van der Waals surface area contributed by atoms with E-state index in [4.69, 9.17) is 9.47 Å². The first-order valence-corrected chi connectivity index (χ1v) is 10.4. The predicted molar refractivity (Wildman–Crippen MR) is 106 cm³/mol. The van der Waals surface area contributed by atoms with Crippen molar-refractivity contribution in [2.24, 2.45) is 0 Å². The van der Waals surface area contributed by atoms with Crippen LogP contribution in [0, 0.1) is 6.92 Å². The van der Waals surface area contributed by atoms with Crippen molar-refractivity contribution >= 4 is 15.7 Å². The number of nitrogens with zero attached hydrogens (tertiary/aromatic N) is 2. The lowest BCUT2D eigenvalue weighted by atomic mass is 10.1. The van der Waals surface area contributed by atoms with E-state index in [1.54, 1.807) is 16.4 Å². The van der Waals surface area contributed by atoms with Crippen molar-refractivity contribution in [3.8, 4) is 11.5 Å². The second-order valence-corrected chi connectivity index (χ2v) is 8.70. The Kier molecular flexibility index (Phi) is 5.62. The number of hydrogen-bond acceptors (Lipinski definition) is 5. The van der Waals surface area contributed by atoms with Crippen molar-refractivity contribution in [3.05, 3.63) is 48.0 Å². The lowest BCUT2D eigenvalue weighted by Crippen LogP contribution is -2.53. The number of ether oxygens (including phenoxy) is 2. The molecule has 1 aliphatic heterocycles. The van der Waals surface area contributed by atoms with Crippen molar-refractivity contribution in [2.45, 2.75) is 24.8 Å². The van der Waals surface area contributed by atoms with Gasteiger partial charge in [0.15, 0.2) is 11.5 Å². The summed E-state index contributed by atoms with van der Waals surface area (Å²) < 4.78 is 38.2. The fraction of sp³-hybridized carbons (Fsp3) is 0.400. The molecule has 0 saturated carbocycles. The van der Waals surface area contributed by atoms with Gasteiger partial charge in [-0.1, -0.05) is 17.7 Å². The maximum absolute atomic E-state index is 13.1. The zero-order valence-electron chi connectivity index (χ0n) is 16.2. The van der Waals surface area contributed by atoms with Gasteiger partial charge in [-0.3, -0.25) is 0 Å². The molecule has 0 radical (unpaired) electrons. The van der Waals surface area contributed by atoms with Crippen molar-refractivity contribution in [2.75, 3.05) is 38.8 Å².